The van der Waals surface area contributed by atoms with Crippen molar-refractivity contribution in [3.05, 3.63) is 36.0 Å². The number of nitrogens with two attached hydrogens (primary N) is 2. The van der Waals surface area contributed by atoms with Crippen LogP contribution in [0.2, 0.25) is 0 Å². The van der Waals surface area contributed by atoms with Crippen LogP contribution in [0.25, 0.3) is 10.9 Å². The van der Waals surface area contributed by atoms with E-state index in [9.17, 15) is 33.9 Å². The van der Waals surface area contributed by atoms with Crippen molar-refractivity contribution < 1.29 is 39.0 Å². The average molecular weight is 579 g/mol. The van der Waals surface area contributed by atoms with Gasteiger partial charge in [-0.1, -0.05) is 18.2 Å². The number of carboxylic acids is 2. The van der Waals surface area contributed by atoms with Crippen molar-refractivity contribution in [3.63, 3.8) is 0 Å². The number of aromatic amines is 1. The molecule has 0 aliphatic heterocycles. The van der Waals surface area contributed by atoms with Crippen LogP contribution in [0.3, 0.4) is 0 Å². The van der Waals surface area contributed by atoms with Gasteiger partial charge in [0.25, 0.3) is 0 Å². The van der Waals surface area contributed by atoms with Gasteiger partial charge < -0.3 is 42.6 Å². The van der Waals surface area contributed by atoms with Crippen LogP contribution in [0.1, 0.15) is 31.2 Å². The number of rotatable bonds is 17. The molecule has 14 nitrogen and oxygen atoms in total. The van der Waals surface area contributed by atoms with Crippen molar-refractivity contribution in [2.75, 3.05) is 12.0 Å². The lowest BCUT2D eigenvalue weighted by Gasteiger charge is -2.25. The van der Waals surface area contributed by atoms with Crippen molar-refractivity contribution in [3.8, 4) is 0 Å². The van der Waals surface area contributed by atoms with Gasteiger partial charge in [-0.2, -0.15) is 11.8 Å². The van der Waals surface area contributed by atoms with E-state index < -0.39 is 66.2 Å². The third kappa shape index (κ3) is 9.89. The van der Waals surface area contributed by atoms with Gasteiger partial charge in [0.15, 0.2) is 0 Å². The van der Waals surface area contributed by atoms with Gasteiger partial charge >= 0.3 is 11.9 Å². The molecule has 1 heterocycles. The molecule has 218 valence electrons. The highest BCUT2D eigenvalue weighted by Crippen LogP contribution is 2.19. The van der Waals surface area contributed by atoms with Crippen LogP contribution in [0, 0.1) is 0 Å². The first-order chi connectivity index (χ1) is 18.9. The summed E-state index contributed by atoms with van der Waals surface area (Å²) in [5.74, 6) is -5.56. The average Bonchev–Trinajstić information content (AvgIpc) is 3.30. The van der Waals surface area contributed by atoms with Gasteiger partial charge in [-0.25, -0.2) is 4.79 Å². The van der Waals surface area contributed by atoms with Crippen LogP contribution < -0.4 is 27.4 Å². The number of fused-ring (bicyclic) bond motifs is 1. The number of hydrogen-bond acceptors (Lipinski definition) is 8. The Bertz CT molecular complexity index is 1230. The van der Waals surface area contributed by atoms with Gasteiger partial charge in [-0.15, -0.1) is 0 Å². The number of para-hydroxylation sites is 1. The molecule has 10 N–H and O–H groups in total. The van der Waals surface area contributed by atoms with Crippen LogP contribution >= 0.6 is 11.8 Å². The zero-order valence-electron chi connectivity index (χ0n) is 21.8. The van der Waals surface area contributed by atoms with Gasteiger partial charge in [0.1, 0.15) is 18.1 Å². The number of aromatic nitrogens is 1. The molecule has 4 unspecified atom stereocenters. The Morgan fingerprint density at radius 3 is 2.17 bits per heavy atom. The molecule has 2 aromatic rings. The topological polar surface area (TPSA) is 247 Å². The van der Waals surface area contributed by atoms with Crippen LogP contribution in [0.4, 0.5) is 0 Å². The highest BCUT2D eigenvalue weighted by Gasteiger charge is 2.32. The molecular weight excluding hydrogens is 544 g/mol. The zero-order chi connectivity index (χ0) is 29.8. The van der Waals surface area contributed by atoms with Gasteiger partial charge in [-0.05, 0) is 36.5 Å². The monoisotopic (exact) mass is 578 g/mol. The normalized spacial score (nSPS) is 13.9. The van der Waals surface area contributed by atoms with E-state index in [0.717, 1.165) is 10.9 Å². The molecule has 1 aromatic carbocycles. The van der Waals surface area contributed by atoms with Crippen molar-refractivity contribution in [2.24, 2.45) is 11.5 Å². The van der Waals surface area contributed by atoms with E-state index in [0.29, 0.717) is 17.7 Å². The summed E-state index contributed by atoms with van der Waals surface area (Å²) in [7, 11) is 0. The van der Waals surface area contributed by atoms with Crippen molar-refractivity contribution >= 4 is 58.2 Å². The molecule has 0 fully saturated rings. The number of benzene rings is 1. The molecule has 0 aliphatic rings. The van der Waals surface area contributed by atoms with Crippen molar-refractivity contribution in [1.29, 1.82) is 0 Å². The highest BCUT2D eigenvalue weighted by molar-refractivity contribution is 7.98. The first kappa shape index (κ1) is 32.1. The highest BCUT2D eigenvalue weighted by atomic mass is 32.2. The largest absolute Gasteiger partial charge is 0.481 e. The lowest BCUT2D eigenvalue weighted by molar-refractivity contribution is -0.147. The first-order valence-corrected chi connectivity index (χ1v) is 13.8. The van der Waals surface area contributed by atoms with Gasteiger partial charge in [0, 0.05) is 29.9 Å². The summed E-state index contributed by atoms with van der Waals surface area (Å²) in [5.41, 5.74) is 12.5. The fourth-order valence-corrected chi connectivity index (χ4v) is 4.35. The number of thioether (sulfide) groups is 1. The maximum absolute atomic E-state index is 13.3. The van der Waals surface area contributed by atoms with E-state index in [-0.39, 0.29) is 19.3 Å². The Hall–Kier alpha value is -4.11. The Labute approximate surface area is 234 Å². The Morgan fingerprint density at radius 1 is 0.925 bits per heavy atom. The van der Waals surface area contributed by atoms with Gasteiger partial charge in [-0.3, -0.25) is 24.0 Å². The molecule has 2 rings (SSSR count). The molecule has 0 bridgehead atoms. The molecule has 4 atom stereocenters. The number of carbonyl (C=O) groups excluding carboxylic acids is 4. The number of carbonyl (C=O) groups is 6. The molecule has 0 radical (unpaired) electrons. The maximum Gasteiger partial charge on any atom is 0.326 e. The summed E-state index contributed by atoms with van der Waals surface area (Å²) >= 11 is 1.48. The van der Waals surface area contributed by atoms with E-state index >= 15 is 0 Å². The van der Waals surface area contributed by atoms with Crippen LogP contribution in [0.5, 0.6) is 0 Å². The number of carboxylic acid groups (broad SMARTS) is 2. The van der Waals surface area contributed by atoms with E-state index in [1.54, 1.807) is 30.5 Å². The van der Waals surface area contributed by atoms with Crippen LogP contribution in [-0.2, 0) is 35.2 Å². The molecule has 4 amide bonds. The van der Waals surface area contributed by atoms with E-state index in [1.807, 2.05) is 6.26 Å². The number of nitrogens with one attached hydrogen (secondary N) is 4. The second kappa shape index (κ2) is 15.5. The summed E-state index contributed by atoms with van der Waals surface area (Å²) in [4.78, 5) is 76.2. The predicted molar refractivity (Wildman–Crippen MR) is 147 cm³/mol. The quantitative estimate of drug-likeness (QED) is 0.114. The minimum absolute atomic E-state index is 0.106. The van der Waals surface area contributed by atoms with Gasteiger partial charge in [0.05, 0.1) is 12.5 Å². The Kier molecular flexibility index (Phi) is 12.4. The summed E-state index contributed by atoms with van der Waals surface area (Å²) < 4.78 is 0. The number of primary amides is 1. The molecule has 15 heteroatoms. The molecule has 0 aliphatic carbocycles. The van der Waals surface area contributed by atoms with Crippen LogP contribution in [0.15, 0.2) is 30.5 Å². The summed E-state index contributed by atoms with van der Waals surface area (Å²) in [5, 5.41) is 26.3. The fourth-order valence-electron chi connectivity index (χ4n) is 3.86. The van der Waals surface area contributed by atoms with E-state index in [1.165, 1.54) is 11.8 Å². The smallest absolute Gasteiger partial charge is 0.326 e. The summed E-state index contributed by atoms with van der Waals surface area (Å²) in [6.07, 6.45) is 2.38. The van der Waals surface area contributed by atoms with E-state index in [4.69, 9.17) is 16.6 Å². The minimum atomic E-state index is -1.76. The fraction of sp³-hybridized carbons (Fsp3) is 0.440. The first-order valence-electron chi connectivity index (χ1n) is 12.4. The second-order valence-corrected chi connectivity index (χ2v) is 10.1. The minimum Gasteiger partial charge on any atom is -0.481 e. The SMILES string of the molecule is CSCCC(N)C(=O)NC(CCC(N)=O)C(=O)NC(Cc1c[nH]c2ccccc12)C(=O)NC(CC(=O)O)C(=O)O. The molecule has 40 heavy (non-hydrogen) atoms. The number of amides is 4. The summed E-state index contributed by atoms with van der Waals surface area (Å²) in [6, 6.07) is 1.82. The maximum atomic E-state index is 13.3. The molecule has 0 saturated heterocycles. The predicted octanol–water partition coefficient (Wildman–Crippen LogP) is -0.930. The third-order valence-electron chi connectivity index (χ3n) is 6.01. The second-order valence-electron chi connectivity index (χ2n) is 9.08. The molecular formula is C25H34N6O8S. The zero-order valence-corrected chi connectivity index (χ0v) is 22.7. The number of aliphatic carboxylic acids is 2. The summed E-state index contributed by atoms with van der Waals surface area (Å²) in [6.45, 7) is 0. The van der Waals surface area contributed by atoms with Crippen molar-refractivity contribution in [2.45, 2.75) is 56.3 Å². The number of H-pyrrole nitrogens is 1. The van der Waals surface area contributed by atoms with Crippen LogP contribution in [-0.4, -0.2) is 86.9 Å². The molecule has 0 spiro atoms. The van der Waals surface area contributed by atoms with Gasteiger partial charge in [0.2, 0.25) is 23.6 Å². The Morgan fingerprint density at radius 2 is 1.55 bits per heavy atom. The van der Waals surface area contributed by atoms with E-state index in [2.05, 4.69) is 20.9 Å². The standard InChI is InChI=1S/C25H34N6O8S/c1-40-9-8-15(26)22(35)29-17(6-7-20(27)32)23(36)30-18(24(37)31-19(25(38)39)11-21(33)34)10-13-12-28-16-5-3-2-4-14(13)16/h2-5,12,15,17-19,28H,6-11,26H2,1H3,(H2,27,32)(H,29,35)(H,30,36)(H,31,37)(H,33,34)(H,38,39). The molecule has 1 aromatic heterocycles. The molecule has 0 saturated carbocycles. The number of hydrogen-bond donors (Lipinski definition) is 8. The Balaban J connectivity index is 2.32. The third-order valence-corrected chi connectivity index (χ3v) is 6.65. The lowest BCUT2D eigenvalue weighted by Crippen LogP contribution is -2.58. The lowest BCUT2D eigenvalue weighted by atomic mass is 10.0. The van der Waals surface area contributed by atoms with Crippen molar-refractivity contribution in [1.82, 2.24) is 20.9 Å².